The average Bonchev–Trinajstić information content (AvgIpc) is 2.80. The van der Waals surface area contributed by atoms with Crippen molar-refractivity contribution in [1.29, 1.82) is 0 Å². The van der Waals surface area contributed by atoms with E-state index in [0.29, 0.717) is 16.8 Å². The molecule has 0 fully saturated rings. The fraction of sp³-hybridized carbons (Fsp3) is 0.433. The maximum absolute atomic E-state index is 14.0. The molecule has 7 nitrogen and oxygen atoms in total. The Hall–Kier alpha value is -3.79. The van der Waals surface area contributed by atoms with Crippen LogP contribution in [0.4, 0.5) is 10.5 Å². The number of para-hydroxylation sites is 1. The lowest BCUT2D eigenvalue weighted by molar-refractivity contribution is -0.143. The van der Waals surface area contributed by atoms with Crippen LogP contribution in [-0.4, -0.2) is 40.5 Å². The standard InChI is InChI=1S/C30H39N3O4/c1-10-22-15-17-23(18-16-22)26(27(34)31-24-14-12-11-13-21(24)6)33(20(4)5)28(35)25(19(2)3)32-29(36)37-30(7,8)9/h1,11-20,25-26H,2-9H3,(H,31,34)(H,32,36). The summed E-state index contributed by atoms with van der Waals surface area (Å²) in [6.07, 6.45) is 4.84. The van der Waals surface area contributed by atoms with Crippen molar-refractivity contribution in [2.45, 2.75) is 79.1 Å². The number of hydrogen-bond acceptors (Lipinski definition) is 4. The van der Waals surface area contributed by atoms with E-state index in [2.05, 4.69) is 16.6 Å². The van der Waals surface area contributed by atoms with Gasteiger partial charge in [-0.3, -0.25) is 9.59 Å². The van der Waals surface area contributed by atoms with E-state index in [4.69, 9.17) is 11.2 Å². The molecule has 0 saturated heterocycles. The maximum Gasteiger partial charge on any atom is 0.408 e. The van der Waals surface area contributed by atoms with E-state index in [0.717, 1.165) is 5.56 Å². The van der Waals surface area contributed by atoms with Crippen molar-refractivity contribution >= 4 is 23.6 Å². The Kier molecular flexibility index (Phi) is 9.90. The van der Waals surface area contributed by atoms with E-state index in [9.17, 15) is 14.4 Å². The summed E-state index contributed by atoms with van der Waals surface area (Å²) < 4.78 is 5.40. The molecule has 2 N–H and O–H groups in total. The predicted octanol–water partition coefficient (Wildman–Crippen LogP) is 5.44. The van der Waals surface area contributed by atoms with Crippen molar-refractivity contribution in [3.05, 3.63) is 65.2 Å². The smallest absolute Gasteiger partial charge is 0.408 e. The second-order valence-corrected chi connectivity index (χ2v) is 10.7. The van der Waals surface area contributed by atoms with Gasteiger partial charge in [0, 0.05) is 17.3 Å². The third kappa shape index (κ3) is 8.11. The first kappa shape index (κ1) is 29.4. The number of amides is 3. The van der Waals surface area contributed by atoms with Crippen LogP contribution < -0.4 is 10.6 Å². The number of carbonyl (C=O) groups is 3. The van der Waals surface area contributed by atoms with Crippen LogP contribution in [0.5, 0.6) is 0 Å². The number of benzene rings is 2. The van der Waals surface area contributed by atoms with Crippen LogP contribution >= 0.6 is 0 Å². The molecule has 2 aromatic rings. The number of anilines is 1. The minimum Gasteiger partial charge on any atom is -0.444 e. The first-order valence-corrected chi connectivity index (χ1v) is 12.5. The van der Waals surface area contributed by atoms with Crippen LogP contribution in [-0.2, 0) is 14.3 Å². The molecule has 2 aromatic carbocycles. The second kappa shape index (κ2) is 12.4. The van der Waals surface area contributed by atoms with Gasteiger partial charge in [0.25, 0.3) is 5.91 Å². The normalized spacial score (nSPS) is 12.9. The van der Waals surface area contributed by atoms with E-state index in [1.165, 1.54) is 4.90 Å². The van der Waals surface area contributed by atoms with Crippen LogP contribution in [0.15, 0.2) is 48.5 Å². The van der Waals surface area contributed by atoms with Gasteiger partial charge in [-0.25, -0.2) is 4.79 Å². The number of nitrogens with one attached hydrogen (secondary N) is 2. The van der Waals surface area contributed by atoms with Gasteiger partial charge in [-0.15, -0.1) is 6.42 Å². The molecule has 0 radical (unpaired) electrons. The summed E-state index contributed by atoms with van der Waals surface area (Å²) in [4.78, 5) is 42.0. The summed E-state index contributed by atoms with van der Waals surface area (Å²) in [5.41, 5.74) is 2.09. The summed E-state index contributed by atoms with van der Waals surface area (Å²) in [6, 6.07) is 12.2. The van der Waals surface area contributed by atoms with Gasteiger partial charge in [0.15, 0.2) is 0 Å². The third-order valence-electron chi connectivity index (χ3n) is 5.74. The van der Waals surface area contributed by atoms with Gasteiger partial charge in [0.2, 0.25) is 5.91 Å². The molecule has 0 heterocycles. The number of nitrogens with zero attached hydrogens (tertiary/aromatic N) is 1. The number of alkyl carbamates (subject to hydrolysis) is 1. The number of ether oxygens (including phenoxy) is 1. The zero-order valence-electron chi connectivity index (χ0n) is 23.1. The molecule has 198 valence electrons. The number of carbonyl (C=O) groups excluding carboxylic acids is 3. The molecule has 2 unspecified atom stereocenters. The van der Waals surface area contributed by atoms with Crippen molar-refractivity contribution in [1.82, 2.24) is 10.2 Å². The quantitative estimate of drug-likeness (QED) is 0.468. The van der Waals surface area contributed by atoms with Crippen LogP contribution in [0.25, 0.3) is 0 Å². The number of terminal acetylenes is 1. The molecule has 37 heavy (non-hydrogen) atoms. The Morgan fingerprint density at radius 1 is 0.973 bits per heavy atom. The van der Waals surface area contributed by atoms with Crippen molar-refractivity contribution in [2.75, 3.05) is 5.32 Å². The molecule has 3 amide bonds. The van der Waals surface area contributed by atoms with Crippen LogP contribution in [0.1, 0.15) is 71.2 Å². The molecule has 0 aromatic heterocycles. The Bertz CT molecular complexity index is 1140. The summed E-state index contributed by atoms with van der Waals surface area (Å²) in [7, 11) is 0. The monoisotopic (exact) mass is 505 g/mol. The fourth-order valence-corrected chi connectivity index (χ4v) is 3.90. The van der Waals surface area contributed by atoms with E-state index >= 15 is 0 Å². The molecule has 0 spiro atoms. The van der Waals surface area contributed by atoms with Gasteiger partial charge in [-0.05, 0) is 76.8 Å². The van der Waals surface area contributed by atoms with Crippen LogP contribution in [0, 0.1) is 25.2 Å². The topological polar surface area (TPSA) is 87.7 Å². The lowest BCUT2D eigenvalue weighted by atomic mass is 9.97. The molecular weight excluding hydrogens is 466 g/mol. The highest BCUT2D eigenvalue weighted by Crippen LogP contribution is 2.28. The zero-order chi connectivity index (χ0) is 27.9. The van der Waals surface area contributed by atoms with Crippen molar-refractivity contribution in [3.63, 3.8) is 0 Å². The third-order valence-corrected chi connectivity index (χ3v) is 5.74. The SMILES string of the molecule is C#Cc1ccc(C(C(=O)Nc2ccccc2C)N(C(=O)C(NC(=O)OC(C)(C)C)C(C)C)C(C)C)cc1. The minimum absolute atomic E-state index is 0.259. The van der Waals surface area contributed by atoms with Gasteiger partial charge in [-0.2, -0.15) is 0 Å². The van der Waals surface area contributed by atoms with Gasteiger partial charge in [0.05, 0.1) is 0 Å². The Morgan fingerprint density at radius 2 is 1.57 bits per heavy atom. The molecule has 0 aliphatic carbocycles. The molecule has 7 heteroatoms. The highest BCUT2D eigenvalue weighted by Gasteiger charge is 2.39. The second-order valence-electron chi connectivity index (χ2n) is 10.7. The lowest BCUT2D eigenvalue weighted by Crippen LogP contribution is -2.56. The molecule has 0 saturated carbocycles. The molecule has 2 atom stereocenters. The molecule has 0 aliphatic heterocycles. The zero-order valence-corrected chi connectivity index (χ0v) is 23.1. The van der Waals surface area contributed by atoms with Gasteiger partial charge in [-0.1, -0.05) is 50.1 Å². The van der Waals surface area contributed by atoms with Gasteiger partial charge >= 0.3 is 6.09 Å². The maximum atomic E-state index is 14.0. The summed E-state index contributed by atoms with van der Waals surface area (Å²) >= 11 is 0. The molecule has 2 rings (SSSR count). The molecular formula is C30H39N3O4. The van der Waals surface area contributed by atoms with Crippen LogP contribution in [0.3, 0.4) is 0 Å². The minimum atomic E-state index is -0.972. The summed E-state index contributed by atoms with van der Waals surface area (Å²) in [5, 5.41) is 5.70. The Morgan fingerprint density at radius 3 is 2.05 bits per heavy atom. The predicted molar refractivity (Wildman–Crippen MR) is 147 cm³/mol. The van der Waals surface area contributed by atoms with Crippen molar-refractivity contribution < 1.29 is 19.1 Å². The van der Waals surface area contributed by atoms with Gasteiger partial charge in [0.1, 0.15) is 17.7 Å². The molecule has 0 bridgehead atoms. The Balaban J connectivity index is 2.53. The average molecular weight is 506 g/mol. The lowest BCUT2D eigenvalue weighted by Gasteiger charge is -2.38. The Labute approximate surface area is 221 Å². The molecule has 0 aliphatic rings. The van der Waals surface area contributed by atoms with Crippen LogP contribution in [0.2, 0.25) is 0 Å². The van der Waals surface area contributed by atoms with Crippen molar-refractivity contribution in [2.24, 2.45) is 5.92 Å². The van der Waals surface area contributed by atoms with E-state index in [1.807, 2.05) is 58.9 Å². The largest absolute Gasteiger partial charge is 0.444 e. The van der Waals surface area contributed by atoms with Crippen molar-refractivity contribution in [3.8, 4) is 12.3 Å². The number of hydrogen-bond donors (Lipinski definition) is 2. The van der Waals surface area contributed by atoms with E-state index in [-0.39, 0.29) is 23.8 Å². The first-order valence-electron chi connectivity index (χ1n) is 12.5. The first-order chi connectivity index (χ1) is 17.2. The fourth-order valence-electron chi connectivity index (χ4n) is 3.90. The van der Waals surface area contributed by atoms with E-state index in [1.54, 1.807) is 45.0 Å². The summed E-state index contributed by atoms with van der Waals surface area (Å²) in [6.45, 7) is 14.5. The highest BCUT2D eigenvalue weighted by atomic mass is 16.6. The number of rotatable bonds is 8. The summed E-state index contributed by atoms with van der Waals surface area (Å²) in [5.74, 6) is 1.56. The van der Waals surface area contributed by atoms with E-state index < -0.39 is 23.8 Å². The number of aryl methyl sites for hydroxylation is 1. The highest BCUT2D eigenvalue weighted by molar-refractivity contribution is 5.99. The van der Waals surface area contributed by atoms with Gasteiger partial charge < -0.3 is 20.3 Å².